The smallest absolute Gasteiger partial charge is 0.128 e. The van der Waals surface area contributed by atoms with Crippen molar-refractivity contribution in [3.63, 3.8) is 0 Å². The zero-order chi connectivity index (χ0) is 9.31. The normalized spacial score (nSPS) is 26.0. The SMILES string of the molecule is C/C=C/C1(C)Cc2ccccc2O1. The van der Waals surface area contributed by atoms with Crippen molar-refractivity contribution in [2.24, 2.45) is 0 Å². The fourth-order valence-corrected chi connectivity index (χ4v) is 1.86. The van der Waals surface area contributed by atoms with Gasteiger partial charge in [0.15, 0.2) is 0 Å². The molecule has 13 heavy (non-hydrogen) atoms. The summed E-state index contributed by atoms with van der Waals surface area (Å²) in [6.45, 7) is 4.14. The van der Waals surface area contributed by atoms with Crippen molar-refractivity contribution < 1.29 is 4.74 Å². The predicted molar refractivity (Wildman–Crippen MR) is 54.0 cm³/mol. The maximum atomic E-state index is 5.85. The Kier molecular flexibility index (Phi) is 1.87. The first-order valence-corrected chi connectivity index (χ1v) is 4.64. The minimum atomic E-state index is -0.127. The zero-order valence-corrected chi connectivity index (χ0v) is 8.08. The number of hydrogen-bond acceptors (Lipinski definition) is 1. The Balaban J connectivity index is 2.31. The van der Waals surface area contributed by atoms with Crippen LogP contribution in [0.1, 0.15) is 19.4 Å². The molecule has 1 heteroatoms. The van der Waals surface area contributed by atoms with E-state index in [9.17, 15) is 0 Å². The molecule has 0 N–H and O–H groups in total. The van der Waals surface area contributed by atoms with Gasteiger partial charge in [-0.3, -0.25) is 0 Å². The van der Waals surface area contributed by atoms with E-state index in [1.165, 1.54) is 5.56 Å². The second-order valence-electron chi connectivity index (χ2n) is 3.70. The molecule has 2 rings (SSSR count). The highest BCUT2D eigenvalue weighted by Gasteiger charge is 2.31. The second-order valence-corrected chi connectivity index (χ2v) is 3.70. The lowest BCUT2D eigenvalue weighted by Gasteiger charge is -2.18. The van der Waals surface area contributed by atoms with Crippen LogP contribution in [-0.4, -0.2) is 5.60 Å². The molecule has 1 nitrogen and oxygen atoms in total. The van der Waals surface area contributed by atoms with Crippen LogP contribution >= 0.6 is 0 Å². The molecule has 0 saturated carbocycles. The lowest BCUT2D eigenvalue weighted by atomic mass is 9.99. The van der Waals surface area contributed by atoms with E-state index in [0.29, 0.717) is 0 Å². The van der Waals surface area contributed by atoms with Crippen LogP contribution < -0.4 is 4.74 Å². The van der Waals surface area contributed by atoms with Crippen molar-refractivity contribution in [1.82, 2.24) is 0 Å². The summed E-state index contributed by atoms with van der Waals surface area (Å²) in [4.78, 5) is 0. The molecule has 0 radical (unpaired) electrons. The average molecular weight is 174 g/mol. The van der Waals surface area contributed by atoms with Gasteiger partial charge in [0.05, 0.1) is 0 Å². The summed E-state index contributed by atoms with van der Waals surface area (Å²) in [5.74, 6) is 1.03. The van der Waals surface area contributed by atoms with E-state index in [0.717, 1.165) is 12.2 Å². The molecule has 1 aromatic rings. The zero-order valence-electron chi connectivity index (χ0n) is 8.08. The van der Waals surface area contributed by atoms with Gasteiger partial charge in [-0.1, -0.05) is 24.3 Å². The molecular formula is C12H14O. The molecule has 0 aliphatic carbocycles. The number of benzene rings is 1. The van der Waals surface area contributed by atoms with E-state index in [4.69, 9.17) is 4.74 Å². The van der Waals surface area contributed by atoms with Gasteiger partial charge in [-0.25, -0.2) is 0 Å². The molecule has 0 spiro atoms. The molecule has 0 aromatic heterocycles. The molecule has 0 saturated heterocycles. The van der Waals surface area contributed by atoms with E-state index in [2.05, 4.69) is 25.1 Å². The van der Waals surface area contributed by atoms with Crippen molar-refractivity contribution in [2.75, 3.05) is 0 Å². The van der Waals surface area contributed by atoms with Gasteiger partial charge in [0.2, 0.25) is 0 Å². The number of para-hydroxylation sites is 1. The fraction of sp³-hybridized carbons (Fsp3) is 0.333. The Hall–Kier alpha value is -1.24. The molecule has 1 heterocycles. The van der Waals surface area contributed by atoms with Gasteiger partial charge >= 0.3 is 0 Å². The molecule has 0 amide bonds. The first-order chi connectivity index (χ1) is 6.23. The monoisotopic (exact) mass is 174 g/mol. The third kappa shape index (κ3) is 1.46. The van der Waals surface area contributed by atoms with Crippen LogP contribution in [0, 0.1) is 0 Å². The van der Waals surface area contributed by atoms with Crippen LogP contribution in [0.2, 0.25) is 0 Å². The van der Waals surface area contributed by atoms with Crippen molar-refractivity contribution in [1.29, 1.82) is 0 Å². The minimum absolute atomic E-state index is 0.127. The summed E-state index contributed by atoms with van der Waals surface area (Å²) in [7, 11) is 0. The van der Waals surface area contributed by atoms with Crippen LogP contribution in [0.3, 0.4) is 0 Å². The average Bonchev–Trinajstić information content (AvgIpc) is 2.40. The topological polar surface area (TPSA) is 9.23 Å². The fourth-order valence-electron chi connectivity index (χ4n) is 1.86. The summed E-state index contributed by atoms with van der Waals surface area (Å²) in [6, 6.07) is 8.23. The lowest BCUT2D eigenvalue weighted by molar-refractivity contribution is 0.171. The number of allylic oxidation sites excluding steroid dienone is 1. The largest absolute Gasteiger partial charge is 0.483 e. The van der Waals surface area contributed by atoms with Gasteiger partial charge in [-0.15, -0.1) is 0 Å². The number of hydrogen-bond donors (Lipinski definition) is 0. The van der Waals surface area contributed by atoms with E-state index in [-0.39, 0.29) is 5.60 Å². The number of fused-ring (bicyclic) bond motifs is 1. The van der Waals surface area contributed by atoms with Gasteiger partial charge < -0.3 is 4.74 Å². The highest BCUT2D eigenvalue weighted by Crippen LogP contribution is 2.35. The molecule has 0 bridgehead atoms. The third-order valence-corrected chi connectivity index (χ3v) is 2.38. The highest BCUT2D eigenvalue weighted by molar-refractivity contribution is 5.40. The van der Waals surface area contributed by atoms with Crippen molar-refractivity contribution in [3.05, 3.63) is 42.0 Å². The Morgan fingerprint density at radius 2 is 2.15 bits per heavy atom. The maximum absolute atomic E-state index is 5.85. The molecule has 0 fully saturated rings. The van der Waals surface area contributed by atoms with Crippen LogP contribution in [0.25, 0.3) is 0 Å². The van der Waals surface area contributed by atoms with Crippen molar-refractivity contribution in [3.8, 4) is 5.75 Å². The Labute approximate surface area is 79.0 Å². The highest BCUT2D eigenvalue weighted by atomic mass is 16.5. The number of ether oxygens (including phenoxy) is 1. The van der Waals surface area contributed by atoms with Gasteiger partial charge in [-0.05, 0) is 31.6 Å². The first-order valence-electron chi connectivity index (χ1n) is 4.64. The van der Waals surface area contributed by atoms with E-state index < -0.39 is 0 Å². The van der Waals surface area contributed by atoms with E-state index >= 15 is 0 Å². The molecule has 1 unspecified atom stereocenters. The minimum Gasteiger partial charge on any atom is -0.483 e. The Morgan fingerprint density at radius 1 is 1.38 bits per heavy atom. The van der Waals surface area contributed by atoms with Crippen LogP contribution in [-0.2, 0) is 6.42 Å². The summed E-state index contributed by atoms with van der Waals surface area (Å²) in [5, 5.41) is 0. The van der Waals surface area contributed by atoms with Gasteiger partial charge in [0.1, 0.15) is 11.4 Å². The molecule has 1 aromatic carbocycles. The van der Waals surface area contributed by atoms with Gasteiger partial charge in [0.25, 0.3) is 0 Å². The summed E-state index contributed by atoms with van der Waals surface area (Å²) >= 11 is 0. The van der Waals surface area contributed by atoms with Crippen LogP contribution in [0.15, 0.2) is 36.4 Å². The Morgan fingerprint density at radius 3 is 2.85 bits per heavy atom. The van der Waals surface area contributed by atoms with Crippen LogP contribution in [0.4, 0.5) is 0 Å². The lowest BCUT2D eigenvalue weighted by Crippen LogP contribution is -2.26. The van der Waals surface area contributed by atoms with E-state index in [1.54, 1.807) is 0 Å². The maximum Gasteiger partial charge on any atom is 0.128 e. The predicted octanol–water partition coefficient (Wildman–Crippen LogP) is 2.96. The summed E-state index contributed by atoms with van der Waals surface area (Å²) in [5.41, 5.74) is 1.18. The molecule has 1 atom stereocenters. The van der Waals surface area contributed by atoms with Crippen LogP contribution in [0.5, 0.6) is 5.75 Å². The molecular weight excluding hydrogens is 160 g/mol. The summed E-state index contributed by atoms with van der Waals surface area (Å²) in [6.07, 6.45) is 5.15. The second kappa shape index (κ2) is 2.91. The molecule has 1 aliphatic rings. The summed E-state index contributed by atoms with van der Waals surface area (Å²) < 4.78 is 5.85. The first kappa shape index (κ1) is 8.36. The molecule has 68 valence electrons. The van der Waals surface area contributed by atoms with Crippen molar-refractivity contribution >= 4 is 0 Å². The van der Waals surface area contributed by atoms with Gasteiger partial charge in [-0.2, -0.15) is 0 Å². The van der Waals surface area contributed by atoms with E-state index in [1.807, 2.05) is 25.1 Å². The molecule has 1 aliphatic heterocycles. The Bertz CT molecular complexity index is 314. The van der Waals surface area contributed by atoms with Crippen molar-refractivity contribution in [2.45, 2.75) is 25.9 Å². The standard InChI is InChI=1S/C12H14O/c1-3-8-12(2)9-10-6-4-5-7-11(10)13-12/h3-8H,9H2,1-2H3/b8-3+. The third-order valence-electron chi connectivity index (χ3n) is 2.38. The quantitative estimate of drug-likeness (QED) is 0.595. The number of rotatable bonds is 1. The van der Waals surface area contributed by atoms with Gasteiger partial charge in [0, 0.05) is 6.42 Å².